The second-order valence-corrected chi connectivity index (χ2v) is 11.2. The molecule has 202 valence electrons. The van der Waals surface area contributed by atoms with Crippen molar-refractivity contribution in [2.24, 2.45) is 29.1 Å². The van der Waals surface area contributed by atoms with Gasteiger partial charge in [-0.3, -0.25) is 24.5 Å². The van der Waals surface area contributed by atoms with Gasteiger partial charge in [0.1, 0.15) is 18.2 Å². The molecule has 2 aliphatic carbocycles. The van der Waals surface area contributed by atoms with Crippen LogP contribution in [0.15, 0.2) is 54.1 Å². The number of aliphatic hydroxyl groups is 1. The number of hydrogen-bond donors (Lipinski definition) is 2. The topological polar surface area (TPSA) is 113 Å². The Labute approximate surface area is 228 Å². The summed E-state index contributed by atoms with van der Waals surface area (Å²) >= 11 is 6.00. The first kappa shape index (κ1) is 25.7. The van der Waals surface area contributed by atoms with Gasteiger partial charge < -0.3 is 9.84 Å². The smallest absolute Gasteiger partial charge is 0.241 e. The molecule has 2 aromatic rings. The summed E-state index contributed by atoms with van der Waals surface area (Å²) in [6, 6.07) is 10.9. The van der Waals surface area contributed by atoms with E-state index in [4.69, 9.17) is 21.4 Å². The maximum atomic E-state index is 14.2. The fraction of sp³-hybridized carbons (Fsp3) is 0.379. The van der Waals surface area contributed by atoms with Gasteiger partial charge in [0.2, 0.25) is 23.6 Å². The molecule has 6 atom stereocenters. The predicted molar refractivity (Wildman–Crippen MR) is 138 cm³/mol. The Hall–Kier alpha value is -3.56. The monoisotopic (exact) mass is 552 g/mol. The van der Waals surface area contributed by atoms with Crippen molar-refractivity contribution < 1.29 is 33.4 Å². The molecule has 2 N–H and O–H groups in total. The van der Waals surface area contributed by atoms with Crippen LogP contribution in [-0.2, 0) is 19.2 Å². The number of imide groups is 2. The summed E-state index contributed by atoms with van der Waals surface area (Å²) in [6.45, 7) is 1.76. The molecule has 39 heavy (non-hydrogen) atoms. The van der Waals surface area contributed by atoms with Crippen LogP contribution in [0.5, 0.6) is 5.75 Å². The van der Waals surface area contributed by atoms with E-state index in [0.717, 1.165) is 22.1 Å². The average molecular weight is 553 g/mol. The lowest BCUT2D eigenvalue weighted by molar-refractivity contribution is -0.131. The number of halogens is 2. The molecular formula is C29H26ClFN2O6. The van der Waals surface area contributed by atoms with E-state index in [1.807, 2.05) is 18.2 Å². The molecule has 0 unspecified atom stereocenters. The molecular weight excluding hydrogens is 527 g/mol. The van der Waals surface area contributed by atoms with E-state index >= 15 is 0 Å². The number of aliphatic hydroxyl groups excluding tert-OH is 1. The van der Waals surface area contributed by atoms with Gasteiger partial charge >= 0.3 is 0 Å². The second-order valence-electron chi connectivity index (χ2n) is 10.8. The number of amides is 4. The Kier molecular flexibility index (Phi) is 6.11. The summed E-state index contributed by atoms with van der Waals surface area (Å²) in [5, 5.41) is 11.3. The van der Waals surface area contributed by atoms with Crippen molar-refractivity contribution in [2.45, 2.75) is 25.7 Å². The molecule has 3 fully saturated rings. The quantitative estimate of drug-likeness (QED) is 0.434. The molecule has 2 heterocycles. The van der Waals surface area contributed by atoms with Crippen LogP contribution in [0.25, 0.3) is 0 Å². The molecule has 2 aliphatic heterocycles. The summed E-state index contributed by atoms with van der Waals surface area (Å²) < 4.78 is 19.4. The Balaban J connectivity index is 1.48. The maximum absolute atomic E-state index is 14.2. The third kappa shape index (κ3) is 3.74. The van der Waals surface area contributed by atoms with E-state index in [1.54, 1.807) is 19.1 Å². The normalized spacial score (nSPS) is 31.4. The van der Waals surface area contributed by atoms with E-state index in [-0.39, 0.29) is 42.2 Å². The van der Waals surface area contributed by atoms with Crippen LogP contribution < -0.4 is 15.0 Å². The Morgan fingerprint density at radius 3 is 2.54 bits per heavy atom. The number of rotatable bonds is 5. The minimum absolute atomic E-state index is 0.129. The van der Waals surface area contributed by atoms with Crippen LogP contribution in [-0.4, -0.2) is 41.9 Å². The zero-order chi connectivity index (χ0) is 27.6. The SMILES string of the molecule is C[C@@]12C(=O)N(c3ccc(F)c(Cl)c3)C(=O)[C@@H]1C[C@@H]1C(=CC[C@@H]3C(=O)NC(=O)[C@@H]31)[C@@H]2c1ccc(OCCO)cc1. The number of fused-ring (bicyclic) bond motifs is 4. The number of allylic oxidation sites excluding steroid dienone is 2. The fourth-order valence-corrected chi connectivity index (χ4v) is 7.27. The molecule has 0 aromatic heterocycles. The summed E-state index contributed by atoms with van der Waals surface area (Å²) in [4.78, 5) is 54.7. The van der Waals surface area contributed by atoms with Crippen molar-refractivity contribution in [1.29, 1.82) is 0 Å². The average Bonchev–Trinajstić information content (AvgIpc) is 3.32. The first-order chi connectivity index (χ1) is 18.7. The largest absolute Gasteiger partial charge is 0.491 e. The maximum Gasteiger partial charge on any atom is 0.241 e. The molecule has 0 spiro atoms. The van der Waals surface area contributed by atoms with Gasteiger partial charge in [-0.25, -0.2) is 9.29 Å². The number of carbonyl (C=O) groups excluding carboxylic acids is 4. The van der Waals surface area contributed by atoms with Gasteiger partial charge in [-0.05, 0) is 61.6 Å². The van der Waals surface area contributed by atoms with Crippen molar-refractivity contribution in [3.63, 3.8) is 0 Å². The zero-order valence-electron chi connectivity index (χ0n) is 21.0. The molecule has 8 nitrogen and oxygen atoms in total. The lowest BCUT2D eigenvalue weighted by Crippen LogP contribution is -2.48. The second kappa shape index (κ2) is 9.27. The van der Waals surface area contributed by atoms with Crippen LogP contribution in [0.1, 0.15) is 31.2 Å². The standard InChI is InChI=1S/C29H26ClFN2O6/c1-29-20(27(37)33(28(29)38)15-4-9-22(31)21(30)12-15)13-19-17(7-8-18-23(19)26(36)32-25(18)35)24(29)14-2-5-16(6-3-14)39-11-10-34/h2-7,9,12,18-20,23-24,34H,8,10-11,13H2,1H3,(H,32,35,36)/t18-,19+,20-,23-,24-,29+/m0/s1. The number of ether oxygens (including phenoxy) is 1. The van der Waals surface area contributed by atoms with E-state index < -0.39 is 52.6 Å². The Bertz CT molecular complexity index is 1440. The third-order valence-electron chi connectivity index (χ3n) is 8.85. The van der Waals surface area contributed by atoms with Gasteiger partial charge in [-0.2, -0.15) is 0 Å². The number of nitrogens with one attached hydrogen (secondary N) is 1. The summed E-state index contributed by atoms with van der Waals surface area (Å²) in [5.41, 5.74) is 0.601. The number of carbonyl (C=O) groups is 4. The van der Waals surface area contributed by atoms with Crippen LogP contribution in [0.4, 0.5) is 10.1 Å². The molecule has 2 aromatic carbocycles. The van der Waals surface area contributed by atoms with E-state index in [9.17, 15) is 23.6 Å². The molecule has 1 saturated carbocycles. The van der Waals surface area contributed by atoms with Gasteiger partial charge in [0, 0.05) is 5.92 Å². The molecule has 0 radical (unpaired) electrons. The van der Waals surface area contributed by atoms with Crippen molar-refractivity contribution in [2.75, 3.05) is 18.1 Å². The predicted octanol–water partition coefficient (Wildman–Crippen LogP) is 3.37. The molecule has 6 rings (SSSR count). The molecule has 10 heteroatoms. The van der Waals surface area contributed by atoms with Gasteiger partial charge in [-0.15, -0.1) is 0 Å². The van der Waals surface area contributed by atoms with Crippen molar-refractivity contribution >= 4 is 40.9 Å². The third-order valence-corrected chi connectivity index (χ3v) is 9.14. The number of benzene rings is 2. The van der Waals surface area contributed by atoms with Crippen molar-refractivity contribution in [1.82, 2.24) is 5.32 Å². The van der Waals surface area contributed by atoms with Crippen LogP contribution in [0.3, 0.4) is 0 Å². The van der Waals surface area contributed by atoms with E-state index in [2.05, 4.69) is 5.32 Å². The number of anilines is 1. The van der Waals surface area contributed by atoms with Gasteiger partial charge in [0.25, 0.3) is 0 Å². The van der Waals surface area contributed by atoms with Gasteiger partial charge in [0.05, 0.1) is 40.5 Å². The summed E-state index contributed by atoms with van der Waals surface area (Å²) in [5.74, 6) is -4.54. The Morgan fingerprint density at radius 2 is 1.85 bits per heavy atom. The fourth-order valence-electron chi connectivity index (χ4n) is 7.10. The van der Waals surface area contributed by atoms with Crippen LogP contribution in [0, 0.1) is 34.9 Å². The number of hydrogen-bond acceptors (Lipinski definition) is 6. The highest BCUT2D eigenvalue weighted by Crippen LogP contribution is 2.63. The Morgan fingerprint density at radius 1 is 1.10 bits per heavy atom. The molecule has 0 bridgehead atoms. The zero-order valence-corrected chi connectivity index (χ0v) is 21.8. The van der Waals surface area contributed by atoms with Crippen LogP contribution >= 0.6 is 11.6 Å². The highest BCUT2D eigenvalue weighted by atomic mass is 35.5. The lowest BCUT2D eigenvalue weighted by Gasteiger charge is -2.49. The summed E-state index contributed by atoms with van der Waals surface area (Å²) in [6.07, 6.45) is 2.55. The first-order valence-electron chi connectivity index (χ1n) is 12.9. The van der Waals surface area contributed by atoms with Crippen LogP contribution in [0.2, 0.25) is 5.02 Å². The highest BCUT2D eigenvalue weighted by Gasteiger charge is 2.67. The molecule has 4 amide bonds. The minimum Gasteiger partial charge on any atom is -0.491 e. The summed E-state index contributed by atoms with van der Waals surface area (Å²) in [7, 11) is 0. The minimum atomic E-state index is -1.21. The molecule has 4 aliphatic rings. The van der Waals surface area contributed by atoms with E-state index in [0.29, 0.717) is 12.2 Å². The first-order valence-corrected chi connectivity index (χ1v) is 13.3. The van der Waals surface area contributed by atoms with Gasteiger partial charge in [0.15, 0.2) is 0 Å². The highest BCUT2D eigenvalue weighted by molar-refractivity contribution is 6.31. The van der Waals surface area contributed by atoms with Gasteiger partial charge in [-0.1, -0.05) is 35.4 Å². The van der Waals surface area contributed by atoms with Crippen molar-refractivity contribution in [3.05, 3.63) is 70.5 Å². The number of nitrogens with zero attached hydrogens (tertiary/aromatic N) is 1. The lowest BCUT2D eigenvalue weighted by atomic mass is 9.51. The van der Waals surface area contributed by atoms with E-state index in [1.165, 1.54) is 12.1 Å². The van der Waals surface area contributed by atoms with Crippen molar-refractivity contribution in [3.8, 4) is 5.75 Å². The molecule has 2 saturated heterocycles.